The molecule has 1 rings (SSSR count). The lowest BCUT2D eigenvalue weighted by molar-refractivity contribution is 0.0755. The monoisotopic (exact) mass is 242 g/mol. The van der Waals surface area contributed by atoms with E-state index in [0.29, 0.717) is 6.10 Å². The highest BCUT2D eigenvalue weighted by atomic mass is 16.5. The van der Waals surface area contributed by atoms with Gasteiger partial charge in [0.1, 0.15) is 0 Å². The fourth-order valence-electron chi connectivity index (χ4n) is 2.73. The van der Waals surface area contributed by atoms with Gasteiger partial charge < -0.3 is 10.5 Å². The summed E-state index contributed by atoms with van der Waals surface area (Å²) in [5.74, 6) is 0. The van der Waals surface area contributed by atoms with E-state index in [1.165, 1.54) is 32.1 Å². The summed E-state index contributed by atoms with van der Waals surface area (Å²) in [6.45, 7) is 7.52. The average Bonchev–Trinajstić information content (AvgIpc) is 2.83. The second-order valence-corrected chi connectivity index (χ2v) is 5.60. The Labute approximate surface area is 107 Å². The lowest BCUT2D eigenvalue weighted by Gasteiger charge is -2.38. The van der Waals surface area contributed by atoms with Crippen LogP contribution >= 0.6 is 0 Å². The third kappa shape index (κ3) is 4.23. The van der Waals surface area contributed by atoms with Crippen LogP contribution in [0.2, 0.25) is 0 Å². The van der Waals surface area contributed by atoms with Gasteiger partial charge in [0.15, 0.2) is 0 Å². The number of nitrogens with two attached hydrogens (primary N) is 1. The van der Waals surface area contributed by atoms with Crippen molar-refractivity contribution in [3.05, 3.63) is 0 Å². The third-order valence-corrected chi connectivity index (χ3v) is 4.25. The van der Waals surface area contributed by atoms with Gasteiger partial charge in [-0.05, 0) is 19.8 Å². The van der Waals surface area contributed by atoms with Gasteiger partial charge in [0.25, 0.3) is 0 Å². The summed E-state index contributed by atoms with van der Waals surface area (Å²) in [5.41, 5.74) is 6.19. The number of rotatable bonds is 8. The van der Waals surface area contributed by atoms with Crippen molar-refractivity contribution < 1.29 is 4.74 Å². The molecule has 0 spiro atoms. The number of likely N-dealkylation sites (tertiary alicyclic amines) is 1. The van der Waals surface area contributed by atoms with Crippen LogP contribution in [0.1, 0.15) is 52.4 Å². The Morgan fingerprint density at radius 1 is 1.35 bits per heavy atom. The Hall–Kier alpha value is -0.120. The van der Waals surface area contributed by atoms with E-state index in [9.17, 15) is 0 Å². The van der Waals surface area contributed by atoms with Crippen LogP contribution in [0.25, 0.3) is 0 Å². The van der Waals surface area contributed by atoms with E-state index in [4.69, 9.17) is 10.5 Å². The molecule has 0 radical (unpaired) electrons. The predicted molar refractivity (Wildman–Crippen MR) is 73.2 cm³/mol. The Morgan fingerprint density at radius 3 is 2.65 bits per heavy atom. The molecule has 0 aliphatic carbocycles. The Balaban J connectivity index is 2.39. The lowest BCUT2D eigenvalue weighted by atomic mass is 9.92. The molecular formula is C14H30N2O. The van der Waals surface area contributed by atoms with E-state index in [2.05, 4.69) is 18.7 Å². The zero-order valence-electron chi connectivity index (χ0n) is 11.9. The molecule has 1 aliphatic rings. The highest BCUT2D eigenvalue weighted by molar-refractivity contribution is 4.92. The molecule has 2 N–H and O–H groups in total. The maximum absolute atomic E-state index is 6.01. The first-order valence-corrected chi connectivity index (χ1v) is 7.14. The number of methoxy groups -OCH3 is 1. The first-order chi connectivity index (χ1) is 8.16. The van der Waals surface area contributed by atoms with Gasteiger partial charge in [-0.1, -0.05) is 32.6 Å². The second-order valence-electron chi connectivity index (χ2n) is 5.60. The first kappa shape index (κ1) is 14.9. The molecule has 1 heterocycles. The van der Waals surface area contributed by atoms with Crippen LogP contribution in [0.15, 0.2) is 0 Å². The SMILES string of the molecule is CCCCCCC(C)(CN)N1CCC(OC)C1. The third-order valence-electron chi connectivity index (χ3n) is 4.25. The van der Waals surface area contributed by atoms with Crippen LogP contribution in [0.3, 0.4) is 0 Å². The molecule has 3 heteroatoms. The summed E-state index contributed by atoms with van der Waals surface area (Å²) >= 11 is 0. The van der Waals surface area contributed by atoms with Crippen LogP contribution in [0, 0.1) is 0 Å². The van der Waals surface area contributed by atoms with Crippen molar-refractivity contribution in [1.82, 2.24) is 4.90 Å². The van der Waals surface area contributed by atoms with Crippen molar-refractivity contribution in [1.29, 1.82) is 0 Å². The molecule has 2 atom stereocenters. The van der Waals surface area contributed by atoms with Crippen LogP contribution < -0.4 is 5.73 Å². The fraction of sp³-hybridized carbons (Fsp3) is 1.00. The van der Waals surface area contributed by atoms with Gasteiger partial charge in [-0.15, -0.1) is 0 Å². The topological polar surface area (TPSA) is 38.5 Å². The number of hydrogen-bond acceptors (Lipinski definition) is 3. The maximum atomic E-state index is 6.01. The lowest BCUT2D eigenvalue weighted by Crippen LogP contribution is -2.50. The van der Waals surface area contributed by atoms with Gasteiger partial charge in [0.2, 0.25) is 0 Å². The highest BCUT2D eigenvalue weighted by Crippen LogP contribution is 2.27. The number of unbranched alkanes of at least 4 members (excludes halogenated alkanes) is 3. The van der Waals surface area contributed by atoms with Gasteiger partial charge >= 0.3 is 0 Å². The Morgan fingerprint density at radius 2 is 2.12 bits per heavy atom. The van der Waals surface area contributed by atoms with Gasteiger partial charge in [-0.25, -0.2) is 0 Å². The molecule has 3 nitrogen and oxygen atoms in total. The molecule has 1 fully saturated rings. The minimum Gasteiger partial charge on any atom is -0.380 e. The Bertz CT molecular complexity index is 210. The molecule has 0 aromatic rings. The van der Waals surface area contributed by atoms with E-state index in [-0.39, 0.29) is 5.54 Å². The largest absolute Gasteiger partial charge is 0.380 e. The van der Waals surface area contributed by atoms with Gasteiger partial charge in [0.05, 0.1) is 6.10 Å². The zero-order valence-corrected chi connectivity index (χ0v) is 11.9. The van der Waals surface area contributed by atoms with E-state index < -0.39 is 0 Å². The summed E-state index contributed by atoms with van der Waals surface area (Å²) in [7, 11) is 1.81. The van der Waals surface area contributed by atoms with Crippen LogP contribution in [-0.4, -0.2) is 43.3 Å². The van der Waals surface area contributed by atoms with Gasteiger partial charge in [0, 0.05) is 32.3 Å². The van der Waals surface area contributed by atoms with Crippen LogP contribution in [0.5, 0.6) is 0 Å². The molecule has 102 valence electrons. The van der Waals surface area contributed by atoms with E-state index >= 15 is 0 Å². The summed E-state index contributed by atoms with van der Waals surface area (Å²) in [4.78, 5) is 2.53. The second kappa shape index (κ2) is 7.34. The molecule has 0 amide bonds. The molecule has 0 aromatic carbocycles. The molecular weight excluding hydrogens is 212 g/mol. The molecule has 1 saturated heterocycles. The molecule has 2 unspecified atom stereocenters. The Kier molecular flexibility index (Phi) is 6.45. The molecule has 0 aromatic heterocycles. The predicted octanol–water partition coefficient (Wildman–Crippen LogP) is 2.39. The van der Waals surface area contributed by atoms with E-state index in [0.717, 1.165) is 26.1 Å². The minimum absolute atomic E-state index is 0.182. The summed E-state index contributed by atoms with van der Waals surface area (Å²) in [5, 5.41) is 0. The molecule has 1 aliphatic heterocycles. The summed E-state index contributed by atoms with van der Waals surface area (Å²) in [6.07, 6.45) is 8.08. The number of ether oxygens (including phenoxy) is 1. The van der Waals surface area contributed by atoms with Gasteiger partial charge in [-0.2, -0.15) is 0 Å². The minimum atomic E-state index is 0.182. The van der Waals surface area contributed by atoms with Crippen molar-refractivity contribution in [2.24, 2.45) is 5.73 Å². The van der Waals surface area contributed by atoms with Crippen molar-refractivity contribution in [3.8, 4) is 0 Å². The standard InChI is InChI=1S/C14H30N2O/c1-4-5-6-7-9-14(2,12-15)16-10-8-13(11-16)17-3/h13H,4-12,15H2,1-3H3. The first-order valence-electron chi connectivity index (χ1n) is 7.14. The number of hydrogen-bond donors (Lipinski definition) is 1. The van der Waals surface area contributed by atoms with Crippen LogP contribution in [0.4, 0.5) is 0 Å². The van der Waals surface area contributed by atoms with Crippen molar-refractivity contribution >= 4 is 0 Å². The van der Waals surface area contributed by atoms with E-state index in [1.54, 1.807) is 0 Å². The average molecular weight is 242 g/mol. The van der Waals surface area contributed by atoms with Crippen molar-refractivity contribution in [2.75, 3.05) is 26.7 Å². The number of nitrogens with zero attached hydrogens (tertiary/aromatic N) is 1. The van der Waals surface area contributed by atoms with E-state index in [1.807, 2.05) is 7.11 Å². The molecule has 0 bridgehead atoms. The van der Waals surface area contributed by atoms with Gasteiger partial charge in [-0.3, -0.25) is 4.90 Å². The quantitative estimate of drug-likeness (QED) is 0.664. The highest BCUT2D eigenvalue weighted by Gasteiger charge is 2.35. The molecule has 0 saturated carbocycles. The summed E-state index contributed by atoms with van der Waals surface area (Å²) < 4.78 is 5.44. The summed E-state index contributed by atoms with van der Waals surface area (Å²) in [6, 6.07) is 0. The normalized spacial score (nSPS) is 25.1. The fourth-order valence-corrected chi connectivity index (χ4v) is 2.73. The van der Waals surface area contributed by atoms with Crippen molar-refractivity contribution in [3.63, 3.8) is 0 Å². The smallest absolute Gasteiger partial charge is 0.0710 e. The van der Waals surface area contributed by atoms with Crippen molar-refractivity contribution in [2.45, 2.75) is 64.0 Å². The van der Waals surface area contributed by atoms with Crippen LogP contribution in [-0.2, 0) is 4.74 Å². The molecule has 17 heavy (non-hydrogen) atoms. The zero-order chi connectivity index (χ0) is 12.7. The maximum Gasteiger partial charge on any atom is 0.0710 e.